The summed E-state index contributed by atoms with van der Waals surface area (Å²) in [5, 5.41) is 9.25. The van der Waals surface area contributed by atoms with Crippen molar-refractivity contribution in [3.8, 4) is 0 Å². The Bertz CT molecular complexity index is 630. The van der Waals surface area contributed by atoms with Crippen molar-refractivity contribution in [3.63, 3.8) is 0 Å². The van der Waals surface area contributed by atoms with Gasteiger partial charge in [-0.2, -0.15) is 13.2 Å². The molecule has 0 bridgehead atoms. The van der Waals surface area contributed by atoms with Crippen LogP contribution in [0.3, 0.4) is 0 Å². The average molecular weight is 359 g/mol. The number of aliphatic carboxylic acids is 1. The Kier molecular flexibility index (Phi) is 5.72. The van der Waals surface area contributed by atoms with Crippen molar-refractivity contribution in [3.05, 3.63) is 35.4 Å². The highest BCUT2D eigenvalue weighted by molar-refractivity contribution is 5.84. The molecule has 1 aliphatic heterocycles. The third kappa shape index (κ3) is 4.50. The number of benzene rings is 1. The molecule has 1 amide bonds. The Morgan fingerprint density at radius 1 is 1.32 bits per heavy atom. The number of nitrogens with zero attached hydrogens (tertiary/aromatic N) is 1. The van der Waals surface area contributed by atoms with Crippen LogP contribution in [0, 0.1) is 0 Å². The Labute approximate surface area is 143 Å². The minimum atomic E-state index is -4.41. The van der Waals surface area contributed by atoms with E-state index in [1.165, 1.54) is 24.1 Å². The van der Waals surface area contributed by atoms with Crippen LogP contribution in [-0.4, -0.2) is 47.7 Å². The molecule has 1 heterocycles. The Balaban J connectivity index is 2.05. The molecule has 25 heavy (non-hydrogen) atoms. The number of likely N-dealkylation sites (tertiary alicyclic amines) is 1. The predicted octanol–water partition coefficient (Wildman–Crippen LogP) is 2.90. The number of carbonyl (C=O) groups is 2. The second-order valence-electron chi connectivity index (χ2n) is 6.22. The number of methoxy groups -OCH3 is 1. The molecule has 3 atom stereocenters. The molecule has 1 aliphatic rings. The topological polar surface area (TPSA) is 66.8 Å². The van der Waals surface area contributed by atoms with Gasteiger partial charge in [0.25, 0.3) is 0 Å². The van der Waals surface area contributed by atoms with Gasteiger partial charge in [0.2, 0.25) is 5.91 Å². The molecule has 8 heteroatoms. The Hall–Kier alpha value is -2.09. The van der Waals surface area contributed by atoms with Crippen LogP contribution < -0.4 is 0 Å². The van der Waals surface area contributed by atoms with E-state index in [0.717, 1.165) is 12.1 Å². The van der Waals surface area contributed by atoms with Crippen molar-refractivity contribution in [2.45, 2.75) is 44.0 Å². The number of carboxylic acid groups (broad SMARTS) is 1. The maximum absolute atomic E-state index is 12.6. The van der Waals surface area contributed by atoms with Crippen molar-refractivity contribution < 1.29 is 32.6 Å². The van der Waals surface area contributed by atoms with Crippen LogP contribution in [0.2, 0.25) is 0 Å². The lowest BCUT2D eigenvalue weighted by Gasteiger charge is -2.23. The fourth-order valence-corrected chi connectivity index (χ4v) is 2.98. The minimum Gasteiger partial charge on any atom is -0.480 e. The Morgan fingerprint density at radius 2 is 1.92 bits per heavy atom. The van der Waals surface area contributed by atoms with Crippen LogP contribution in [0.15, 0.2) is 24.3 Å². The van der Waals surface area contributed by atoms with Gasteiger partial charge in [-0.3, -0.25) is 4.79 Å². The summed E-state index contributed by atoms with van der Waals surface area (Å²) < 4.78 is 42.9. The van der Waals surface area contributed by atoms with Crippen LogP contribution in [0.5, 0.6) is 0 Å². The van der Waals surface area contributed by atoms with Crippen LogP contribution >= 0.6 is 0 Å². The first-order valence-corrected chi connectivity index (χ1v) is 7.85. The smallest absolute Gasteiger partial charge is 0.416 e. The maximum atomic E-state index is 12.6. The highest BCUT2D eigenvalue weighted by Crippen LogP contribution is 2.31. The summed E-state index contributed by atoms with van der Waals surface area (Å²) in [6, 6.07) is 3.71. The number of rotatable bonds is 5. The zero-order valence-electron chi connectivity index (χ0n) is 13.9. The summed E-state index contributed by atoms with van der Waals surface area (Å²) in [4.78, 5) is 25.0. The molecule has 0 saturated carbocycles. The molecular formula is C17H20F3NO4. The van der Waals surface area contributed by atoms with E-state index in [2.05, 4.69) is 0 Å². The SMILES string of the molecule is COC1CC(C(=O)O)N(C(=O)CC(C)c2ccc(C(F)(F)F)cc2)C1. The highest BCUT2D eigenvalue weighted by Gasteiger charge is 2.40. The fraction of sp³-hybridized carbons (Fsp3) is 0.529. The van der Waals surface area contributed by atoms with Crippen LogP contribution in [0.25, 0.3) is 0 Å². The summed E-state index contributed by atoms with van der Waals surface area (Å²) in [6.07, 6.45) is -4.49. The molecular weight excluding hydrogens is 339 g/mol. The van der Waals surface area contributed by atoms with Gasteiger partial charge in [0.15, 0.2) is 0 Å². The molecule has 0 spiro atoms. The summed E-state index contributed by atoms with van der Waals surface area (Å²) in [5.74, 6) is -1.76. The van der Waals surface area contributed by atoms with Crippen molar-refractivity contribution in [1.29, 1.82) is 0 Å². The number of hydrogen-bond donors (Lipinski definition) is 1. The maximum Gasteiger partial charge on any atom is 0.416 e. The van der Waals surface area contributed by atoms with Gasteiger partial charge in [0.1, 0.15) is 6.04 Å². The van der Waals surface area contributed by atoms with Crippen LogP contribution in [-0.2, 0) is 20.5 Å². The first kappa shape index (κ1) is 19.2. The van der Waals surface area contributed by atoms with E-state index in [4.69, 9.17) is 4.74 Å². The van der Waals surface area contributed by atoms with E-state index < -0.39 is 23.8 Å². The highest BCUT2D eigenvalue weighted by atomic mass is 19.4. The molecule has 3 unspecified atom stereocenters. The van der Waals surface area contributed by atoms with E-state index >= 15 is 0 Å². The third-order valence-corrected chi connectivity index (χ3v) is 4.49. The number of carboxylic acids is 1. The first-order chi connectivity index (χ1) is 11.6. The minimum absolute atomic E-state index is 0.0194. The molecule has 1 aromatic carbocycles. The van der Waals surface area contributed by atoms with E-state index in [9.17, 15) is 27.9 Å². The standard InChI is InChI=1S/C17H20F3NO4/c1-10(11-3-5-12(6-4-11)17(18,19)20)7-15(22)21-9-13(25-2)8-14(21)16(23)24/h3-6,10,13-14H,7-9H2,1-2H3,(H,23,24). The number of hydrogen-bond acceptors (Lipinski definition) is 3. The van der Waals surface area contributed by atoms with Gasteiger partial charge in [-0.15, -0.1) is 0 Å². The van der Waals surface area contributed by atoms with Gasteiger partial charge in [-0.25, -0.2) is 4.79 Å². The summed E-state index contributed by atoms with van der Waals surface area (Å²) in [6.45, 7) is 1.92. The number of ether oxygens (including phenoxy) is 1. The number of alkyl halides is 3. The molecule has 0 radical (unpaired) electrons. The zero-order valence-corrected chi connectivity index (χ0v) is 13.9. The van der Waals surface area contributed by atoms with Gasteiger partial charge < -0.3 is 14.7 Å². The Morgan fingerprint density at radius 3 is 2.40 bits per heavy atom. The second-order valence-corrected chi connectivity index (χ2v) is 6.22. The van der Waals surface area contributed by atoms with Crippen molar-refractivity contribution in [1.82, 2.24) is 4.90 Å². The van der Waals surface area contributed by atoms with E-state index in [1.807, 2.05) is 0 Å². The largest absolute Gasteiger partial charge is 0.480 e. The number of carbonyl (C=O) groups excluding carboxylic acids is 1. The molecule has 5 nitrogen and oxygen atoms in total. The lowest BCUT2D eigenvalue weighted by Crippen LogP contribution is -2.41. The van der Waals surface area contributed by atoms with Crippen LogP contribution in [0.4, 0.5) is 13.2 Å². The molecule has 138 valence electrons. The summed E-state index contributed by atoms with van der Waals surface area (Å²) >= 11 is 0. The molecule has 1 N–H and O–H groups in total. The van der Waals surface area contributed by atoms with Crippen LogP contribution in [0.1, 0.15) is 36.8 Å². The zero-order chi connectivity index (χ0) is 18.8. The fourth-order valence-electron chi connectivity index (χ4n) is 2.98. The second kappa shape index (κ2) is 7.43. The molecule has 2 rings (SSSR count). The molecule has 0 aliphatic carbocycles. The number of halogens is 3. The number of amides is 1. The van der Waals surface area contributed by atoms with E-state index in [0.29, 0.717) is 5.56 Å². The van der Waals surface area contributed by atoms with Crippen molar-refractivity contribution in [2.24, 2.45) is 0 Å². The quantitative estimate of drug-likeness (QED) is 0.878. The molecule has 1 saturated heterocycles. The van der Waals surface area contributed by atoms with Crippen molar-refractivity contribution in [2.75, 3.05) is 13.7 Å². The summed E-state index contributed by atoms with van der Waals surface area (Å²) in [7, 11) is 1.46. The predicted molar refractivity (Wildman–Crippen MR) is 83.0 cm³/mol. The van der Waals surface area contributed by atoms with E-state index in [-0.39, 0.29) is 37.3 Å². The van der Waals surface area contributed by atoms with Gasteiger partial charge in [-0.05, 0) is 23.6 Å². The normalized spacial score (nSPS) is 22.0. The summed E-state index contributed by atoms with van der Waals surface area (Å²) in [5.41, 5.74) is -0.154. The monoisotopic (exact) mass is 359 g/mol. The van der Waals surface area contributed by atoms with Gasteiger partial charge in [0, 0.05) is 26.5 Å². The molecule has 1 aromatic rings. The molecule has 0 aromatic heterocycles. The first-order valence-electron chi connectivity index (χ1n) is 7.85. The van der Waals surface area contributed by atoms with Gasteiger partial charge in [0.05, 0.1) is 11.7 Å². The van der Waals surface area contributed by atoms with E-state index in [1.54, 1.807) is 6.92 Å². The average Bonchev–Trinajstić information content (AvgIpc) is 2.99. The third-order valence-electron chi connectivity index (χ3n) is 4.49. The van der Waals surface area contributed by atoms with Gasteiger partial charge in [-0.1, -0.05) is 19.1 Å². The lowest BCUT2D eigenvalue weighted by molar-refractivity contribution is -0.148. The van der Waals surface area contributed by atoms with Crippen molar-refractivity contribution >= 4 is 11.9 Å². The van der Waals surface area contributed by atoms with Gasteiger partial charge >= 0.3 is 12.1 Å². The lowest BCUT2D eigenvalue weighted by atomic mass is 9.96. The molecule has 1 fully saturated rings.